The van der Waals surface area contributed by atoms with Crippen LogP contribution in [0.15, 0.2) is 34.9 Å². The molecule has 22 heavy (non-hydrogen) atoms. The van der Waals surface area contributed by atoms with E-state index in [0.717, 1.165) is 23.6 Å². The molecule has 5 heteroatoms. The van der Waals surface area contributed by atoms with E-state index in [1.54, 1.807) is 0 Å². The molecule has 0 bridgehead atoms. The van der Waals surface area contributed by atoms with E-state index in [4.69, 9.17) is 4.52 Å². The second-order valence-electron chi connectivity index (χ2n) is 5.95. The zero-order valence-corrected chi connectivity index (χ0v) is 13.2. The van der Waals surface area contributed by atoms with Crippen LogP contribution < -0.4 is 0 Å². The number of aromatic nitrogens is 1. The Labute approximate surface area is 130 Å². The highest BCUT2D eigenvalue weighted by Crippen LogP contribution is 2.34. The second-order valence-corrected chi connectivity index (χ2v) is 5.95. The van der Waals surface area contributed by atoms with Crippen LogP contribution in [0.4, 0.5) is 0 Å². The van der Waals surface area contributed by atoms with E-state index in [1.807, 2.05) is 44.0 Å². The molecule has 1 aromatic heterocycles. The summed E-state index contributed by atoms with van der Waals surface area (Å²) in [6.45, 7) is 5.21. The number of carbonyl (C=O) groups is 1. The number of hydrogen-bond donors (Lipinski definition) is 0. The van der Waals surface area contributed by atoms with Crippen molar-refractivity contribution >= 4 is 5.91 Å². The smallest absolute Gasteiger partial charge is 0.226 e. The molecule has 2 heterocycles. The molecule has 1 saturated heterocycles. The Balaban J connectivity index is 1.65. The van der Waals surface area contributed by atoms with Crippen LogP contribution in [0.25, 0.3) is 0 Å². The second kappa shape index (κ2) is 5.93. The molecule has 1 aliphatic heterocycles. The van der Waals surface area contributed by atoms with Gasteiger partial charge in [0.1, 0.15) is 5.76 Å². The van der Waals surface area contributed by atoms with Gasteiger partial charge in [0.2, 0.25) is 5.91 Å². The van der Waals surface area contributed by atoms with E-state index < -0.39 is 0 Å². The predicted octanol–water partition coefficient (Wildman–Crippen LogP) is 2.65. The number of amides is 1. The molecule has 5 nitrogen and oxygen atoms in total. The molecule has 1 fully saturated rings. The van der Waals surface area contributed by atoms with E-state index in [2.05, 4.69) is 22.2 Å². The van der Waals surface area contributed by atoms with Crippen molar-refractivity contribution in [2.45, 2.75) is 32.9 Å². The van der Waals surface area contributed by atoms with Crippen LogP contribution in [0.5, 0.6) is 0 Å². The molecular weight excluding hydrogens is 278 g/mol. The third-order valence-electron chi connectivity index (χ3n) is 4.25. The molecule has 2 aromatic rings. The fraction of sp³-hybridized carbons (Fsp3) is 0.412. The van der Waals surface area contributed by atoms with Gasteiger partial charge in [-0.25, -0.2) is 0 Å². The average Bonchev–Trinajstić information content (AvgIpc) is 2.83. The Bertz CT molecular complexity index is 646. The molecular formula is C17H21N3O2. The standard InChI is InChI=1S/C17H21N3O2/c1-12-15(13(2)22-18-12)10-19(3)11-20-16(9-17(20)21)14-7-5-4-6-8-14/h4-8,16H,9-11H2,1-3H3. The molecule has 1 aromatic carbocycles. The van der Waals surface area contributed by atoms with Crippen molar-refractivity contribution in [3.63, 3.8) is 0 Å². The van der Waals surface area contributed by atoms with Crippen LogP contribution in [-0.4, -0.2) is 34.6 Å². The van der Waals surface area contributed by atoms with Gasteiger partial charge >= 0.3 is 0 Å². The largest absolute Gasteiger partial charge is 0.361 e. The molecule has 0 aliphatic carbocycles. The monoisotopic (exact) mass is 299 g/mol. The summed E-state index contributed by atoms with van der Waals surface area (Å²) in [7, 11) is 2.01. The third-order valence-corrected chi connectivity index (χ3v) is 4.25. The summed E-state index contributed by atoms with van der Waals surface area (Å²) in [5, 5.41) is 3.98. The minimum absolute atomic E-state index is 0.195. The maximum absolute atomic E-state index is 12.0. The Morgan fingerprint density at radius 1 is 1.32 bits per heavy atom. The van der Waals surface area contributed by atoms with Gasteiger partial charge in [-0.2, -0.15) is 0 Å². The quantitative estimate of drug-likeness (QED) is 0.796. The normalized spacial score (nSPS) is 17.9. The van der Waals surface area contributed by atoms with Crippen molar-refractivity contribution in [1.82, 2.24) is 15.0 Å². The van der Waals surface area contributed by atoms with E-state index in [1.165, 1.54) is 5.56 Å². The molecule has 0 spiro atoms. The lowest BCUT2D eigenvalue weighted by atomic mass is 9.94. The van der Waals surface area contributed by atoms with Crippen molar-refractivity contribution < 1.29 is 9.32 Å². The fourth-order valence-electron chi connectivity index (χ4n) is 2.91. The van der Waals surface area contributed by atoms with Crippen LogP contribution >= 0.6 is 0 Å². The molecule has 1 atom stereocenters. The minimum Gasteiger partial charge on any atom is -0.361 e. The molecule has 1 unspecified atom stereocenters. The summed E-state index contributed by atoms with van der Waals surface area (Å²) in [5.41, 5.74) is 3.22. The summed E-state index contributed by atoms with van der Waals surface area (Å²) in [6.07, 6.45) is 0.600. The number of hydrogen-bond acceptors (Lipinski definition) is 4. The first-order chi connectivity index (χ1) is 10.6. The van der Waals surface area contributed by atoms with Gasteiger partial charge in [-0.15, -0.1) is 0 Å². The highest BCUT2D eigenvalue weighted by Gasteiger charge is 2.37. The fourth-order valence-corrected chi connectivity index (χ4v) is 2.91. The van der Waals surface area contributed by atoms with Gasteiger partial charge in [0.15, 0.2) is 0 Å². The van der Waals surface area contributed by atoms with Gasteiger partial charge < -0.3 is 9.42 Å². The lowest BCUT2D eigenvalue weighted by molar-refractivity contribution is -0.149. The highest BCUT2D eigenvalue weighted by molar-refractivity contribution is 5.83. The van der Waals surface area contributed by atoms with Gasteiger partial charge in [0.25, 0.3) is 0 Å². The van der Waals surface area contributed by atoms with Crippen molar-refractivity contribution in [3.8, 4) is 0 Å². The number of β-lactam (4-membered cyclic amide) rings is 1. The third kappa shape index (κ3) is 2.76. The van der Waals surface area contributed by atoms with Gasteiger partial charge in [-0.3, -0.25) is 9.69 Å². The Hall–Kier alpha value is -2.14. The van der Waals surface area contributed by atoms with E-state index >= 15 is 0 Å². The van der Waals surface area contributed by atoms with Gasteiger partial charge in [0.05, 0.1) is 24.8 Å². The minimum atomic E-state index is 0.195. The molecule has 0 N–H and O–H groups in total. The molecule has 0 saturated carbocycles. The molecule has 1 amide bonds. The first-order valence-electron chi connectivity index (χ1n) is 7.51. The SMILES string of the molecule is Cc1noc(C)c1CN(C)CN1C(=O)CC1c1ccccc1. The van der Waals surface area contributed by atoms with E-state index in [0.29, 0.717) is 13.1 Å². The summed E-state index contributed by atoms with van der Waals surface area (Å²) in [4.78, 5) is 16.0. The zero-order chi connectivity index (χ0) is 15.7. The Morgan fingerprint density at radius 3 is 2.64 bits per heavy atom. The molecule has 3 rings (SSSR count). The first kappa shape index (κ1) is 14.8. The van der Waals surface area contributed by atoms with E-state index in [9.17, 15) is 4.79 Å². The highest BCUT2D eigenvalue weighted by atomic mass is 16.5. The summed E-state index contributed by atoms with van der Waals surface area (Å²) in [6, 6.07) is 10.4. The number of aryl methyl sites for hydroxylation is 2. The van der Waals surface area contributed by atoms with E-state index in [-0.39, 0.29) is 11.9 Å². The zero-order valence-electron chi connectivity index (χ0n) is 13.2. The maximum atomic E-state index is 12.0. The van der Waals surface area contributed by atoms with Crippen LogP contribution in [0.2, 0.25) is 0 Å². The number of carbonyl (C=O) groups excluding carboxylic acids is 1. The number of nitrogens with zero attached hydrogens (tertiary/aromatic N) is 3. The summed E-state index contributed by atoms with van der Waals surface area (Å²) in [5.74, 6) is 1.05. The molecule has 0 radical (unpaired) electrons. The summed E-state index contributed by atoms with van der Waals surface area (Å²) >= 11 is 0. The van der Waals surface area contributed by atoms with Crippen LogP contribution in [-0.2, 0) is 11.3 Å². The average molecular weight is 299 g/mol. The molecule has 1 aliphatic rings. The van der Waals surface area contributed by atoms with Crippen LogP contribution in [0.3, 0.4) is 0 Å². The lowest BCUT2D eigenvalue weighted by Gasteiger charge is -2.42. The Kier molecular flexibility index (Phi) is 3.98. The Morgan fingerprint density at radius 2 is 2.05 bits per heavy atom. The van der Waals surface area contributed by atoms with Crippen molar-refractivity contribution in [2.24, 2.45) is 0 Å². The lowest BCUT2D eigenvalue weighted by Crippen LogP contribution is -2.50. The van der Waals surface area contributed by atoms with Gasteiger partial charge in [-0.1, -0.05) is 35.5 Å². The summed E-state index contributed by atoms with van der Waals surface area (Å²) < 4.78 is 5.20. The van der Waals surface area contributed by atoms with Crippen molar-refractivity contribution in [1.29, 1.82) is 0 Å². The predicted molar refractivity (Wildman–Crippen MR) is 83.0 cm³/mol. The van der Waals surface area contributed by atoms with Gasteiger partial charge in [-0.05, 0) is 26.5 Å². The first-order valence-corrected chi connectivity index (χ1v) is 7.51. The number of likely N-dealkylation sites (tertiary alicyclic amines) is 1. The van der Waals surface area contributed by atoms with Crippen molar-refractivity contribution in [2.75, 3.05) is 13.7 Å². The van der Waals surface area contributed by atoms with Crippen molar-refractivity contribution in [3.05, 3.63) is 52.9 Å². The number of benzene rings is 1. The van der Waals surface area contributed by atoms with Gasteiger partial charge in [0, 0.05) is 12.1 Å². The topological polar surface area (TPSA) is 49.6 Å². The van der Waals surface area contributed by atoms with Crippen LogP contribution in [0.1, 0.15) is 35.0 Å². The maximum Gasteiger partial charge on any atom is 0.226 e. The molecule has 116 valence electrons. The number of rotatable bonds is 5. The van der Waals surface area contributed by atoms with Crippen LogP contribution in [0, 0.1) is 13.8 Å².